The van der Waals surface area contributed by atoms with E-state index in [9.17, 15) is 13.2 Å². The first-order valence-corrected chi connectivity index (χ1v) is 14.1. The minimum absolute atomic E-state index is 0.159. The highest BCUT2D eigenvalue weighted by atomic mass is 32.2. The van der Waals surface area contributed by atoms with Gasteiger partial charge in [-0.05, 0) is 67.8 Å². The van der Waals surface area contributed by atoms with Crippen LogP contribution >= 0.6 is 0 Å². The third-order valence-corrected chi connectivity index (χ3v) is 8.49. The van der Waals surface area contributed by atoms with Gasteiger partial charge in [-0.1, -0.05) is 24.3 Å². The Morgan fingerprint density at radius 1 is 0.811 bits per heavy atom. The summed E-state index contributed by atoms with van der Waals surface area (Å²) in [5.41, 5.74) is 1.72. The number of hydrogen-bond acceptors (Lipinski definition) is 6. The summed E-state index contributed by atoms with van der Waals surface area (Å²) >= 11 is 0. The Morgan fingerprint density at radius 3 is 2.30 bits per heavy atom. The molecule has 194 valence electrons. The number of hydrogen-bond donors (Lipinski definition) is 1. The Balaban J connectivity index is 1.43. The number of benzene rings is 3. The third kappa shape index (κ3) is 5.95. The van der Waals surface area contributed by atoms with Gasteiger partial charge in [0.15, 0.2) is 0 Å². The number of morpholine rings is 1. The minimum Gasteiger partial charge on any atom is -0.457 e. The molecule has 37 heavy (non-hydrogen) atoms. The van der Waals surface area contributed by atoms with Crippen molar-refractivity contribution in [3.8, 4) is 11.5 Å². The molecular weight excluding hydrogens is 490 g/mol. The zero-order valence-electron chi connectivity index (χ0n) is 20.6. The minimum atomic E-state index is -3.71. The molecule has 2 heterocycles. The molecule has 0 saturated carbocycles. The molecule has 5 rings (SSSR count). The molecule has 2 aliphatic rings. The number of sulfonamides is 1. The molecule has 0 aromatic heterocycles. The Labute approximate surface area is 217 Å². The molecule has 0 spiro atoms. The van der Waals surface area contributed by atoms with Crippen LogP contribution in [0.1, 0.15) is 29.6 Å². The van der Waals surface area contributed by atoms with Gasteiger partial charge in [-0.15, -0.1) is 0 Å². The molecule has 3 aromatic carbocycles. The topological polar surface area (TPSA) is 88.2 Å². The molecule has 2 saturated heterocycles. The zero-order chi connectivity index (χ0) is 25.7. The zero-order valence-corrected chi connectivity index (χ0v) is 21.5. The molecule has 1 N–H and O–H groups in total. The van der Waals surface area contributed by atoms with Crippen molar-refractivity contribution in [2.45, 2.75) is 24.2 Å². The van der Waals surface area contributed by atoms with E-state index >= 15 is 0 Å². The van der Waals surface area contributed by atoms with Gasteiger partial charge >= 0.3 is 0 Å². The molecule has 0 bridgehead atoms. The van der Waals surface area contributed by atoms with Gasteiger partial charge in [0.05, 0.1) is 29.5 Å². The SMILES string of the molecule is O=C(Nc1cc(S(=O)(=O)N2CCOCC2)ccc1N1CCCCC1)c1cccc(Oc2ccccc2)c1. The van der Waals surface area contributed by atoms with Gasteiger partial charge in [-0.2, -0.15) is 4.31 Å². The second-order valence-corrected chi connectivity index (χ2v) is 11.1. The molecule has 0 unspecified atom stereocenters. The quantitative estimate of drug-likeness (QED) is 0.483. The highest BCUT2D eigenvalue weighted by molar-refractivity contribution is 7.89. The normalized spacial score (nSPS) is 16.8. The number of rotatable bonds is 7. The Kier molecular flexibility index (Phi) is 7.73. The van der Waals surface area contributed by atoms with Crippen molar-refractivity contribution in [2.75, 3.05) is 49.6 Å². The Bertz CT molecular complexity index is 1330. The maximum atomic E-state index is 13.4. The van der Waals surface area contributed by atoms with Crippen molar-refractivity contribution >= 4 is 27.3 Å². The summed E-state index contributed by atoms with van der Waals surface area (Å²) in [7, 11) is -3.71. The van der Waals surface area contributed by atoms with E-state index in [0.717, 1.165) is 38.0 Å². The number of nitrogens with one attached hydrogen (secondary N) is 1. The van der Waals surface area contributed by atoms with E-state index < -0.39 is 10.0 Å². The van der Waals surface area contributed by atoms with Gasteiger partial charge < -0.3 is 19.7 Å². The number of carbonyl (C=O) groups is 1. The van der Waals surface area contributed by atoms with Crippen LogP contribution in [0.3, 0.4) is 0 Å². The number of anilines is 2. The number of piperidine rings is 1. The highest BCUT2D eigenvalue weighted by Gasteiger charge is 2.28. The number of ether oxygens (including phenoxy) is 2. The van der Waals surface area contributed by atoms with Gasteiger partial charge in [0, 0.05) is 31.7 Å². The average Bonchev–Trinajstić information content (AvgIpc) is 2.94. The van der Waals surface area contributed by atoms with Gasteiger partial charge in [0.25, 0.3) is 5.91 Å². The smallest absolute Gasteiger partial charge is 0.255 e. The maximum absolute atomic E-state index is 13.4. The van der Waals surface area contributed by atoms with Crippen LogP contribution in [0.4, 0.5) is 11.4 Å². The van der Waals surface area contributed by atoms with Crippen LogP contribution in [0, 0.1) is 0 Å². The van der Waals surface area contributed by atoms with Crippen molar-refractivity contribution in [3.63, 3.8) is 0 Å². The van der Waals surface area contributed by atoms with Crippen molar-refractivity contribution in [1.82, 2.24) is 4.31 Å². The van der Waals surface area contributed by atoms with Gasteiger partial charge in [0.2, 0.25) is 10.0 Å². The largest absolute Gasteiger partial charge is 0.457 e. The fraction of sp³-hybridized carbons (Fsp3) is 0.321. The lowest BCUT2D eigenvalue weighted by Crippen LogP contribution is -2.40. The summed E-state index contributed by atoms with van der Waals surface area (Å²) in [6.45, 7) is 3.09. The van der Waals surface area contributed by atoms with E-state index in [1.807, 2.05) is 36.4 Å². The van der Waals surface area contributed by atoms with Crippen LogP contribution in [-0.4, -0.2) is 58.0 Å². The Morgan fingerprint density at radius 2 is 1.54 bits per heavy atom. The van der Waals surface area contributed by atoms with E-state index in [1.54, 1.807) is 36.4 Å². The fourth-order valence-electron chi connectivity index (χ4n) is 4.64. The van der Waals surface area contributed by atoms with Crippen LogP contribution in [0.2, 0.25) is 0 Å². The summed E-state index contributed by atoms with van der Waals surface area (Å²) in [4.78, 5) is 15.7. The number of para-hydroxylation sites is 1. The van der Waals surface area contributed by atoms with Gasteiger partial charge in [-0.25, -0.2) is 8.42 Å². The first-order valence-electron chi connectivity index (χ1n) is 12.6. The standard InChI is InChI=1S/C28H31N3O5S/c32-28(22-8-7-11-24(20-22)36-23-9-3-1-4-10-23)29-26-21-25(37(33,34)31-16-18-35-19-17-31)12-13-27(26)30-14-5-2-6-15-30/h1,3-4,7-13,20-21H,2,5-6,14-19H2,(H,29,32). The van der Waals surface area contributed by atoms with Crippen LogP contribution in [0.5, 0.6) is 11.5 Å². The van der Waals surface area contributed by atoms with Gasteiger partial charge in [0.1, 0.15) is 11.5 Å². The van der Waals surface area contributed by atoms with E-state index in [1.165, 1.54) is 4.31 Å². The molecule has 2 aliphatic heterocycles. The molecule has 9 heteroatoms. The summed E-state index contributed by atoms with van der Waals surface area (Å²) in [6.07, 6.45) is 3.27. The molecule has 0 aliphatic carbocycles. The third-order valence-electron chi connectivity index (χ3n) is 6.60. The number of amides is 1. The molecule has 1 amide bonds. The fourth-order valence-corrected chi connectivity index (χ4v) is 6.08. The van der Waals surface area contributed by atoms with Gasteiger partial charge in [-0.3, -0.25) is 4.79 Å². The molecule has 2 fully saturated rings. The predicted molar refractivity (Wildman–Crippen MR) is 143 cm³/mol. The lowest BCUT2D eigenvalue weighted by molar-refractivity contribution is 0.0730. The van der Waals surface area contributed by atoms with Crippen LogP contribution in [0.25, 0.3) is 0 Å². The lowest BCUT2D eigenvalue weighted by Gasteiger charge is -2.31. The second-order valence-electron chi connectivity index (χ2n) is 9.14. The number of nitrogens with zero attached hydrogens (tertiary/aromatic N) is 2. The van der Waals surface area contributed by atoms with Crippen LogP contribution < -0.4 is 15.0 Å². The number of carbonyl (C=O) groups excluding carboxylic acids is 1. The van der Waals surface area contributed by atoms with Crippen molar-refractivity contribution in [1.29, 1.82) is 0 Å². The van der Waals surface area contributed by atoms with Crippen molar-refractivity contribution < 1.29 is 22.7 Å². The molecular formula is C28H31N3O5S. The highest BCUT2D eigenvalue weighted by Crippen LogP contribution is 2.33. The van der Waals surface area contributed by atoms with Crippen molar-refractivity contribution in [3.05, 3.63) is 78.4 Å². The predicted octanol–water partition coefficient (Wildman–Crippen LogP) is 4.74. The van der Waals surface area contributed by atoms with Crippen LogP contribution in [0.15, 0.2) is 77.7 Å². The van der Waals surface area contributed by atoms with E-state index in [2.05, 4.69) is 10.2 Å². The Hall–Kier alpha value is -3.40. The molecule has 0 radical (unpaired) electrons. The first kappa shape index (κ1) is 25.3. The van der Waals surface area contributed by atoms with E-state index in [4.69, 9.17) is 9.47 Å². The van der Waals surface area contributed by atoms with Crippen LogP contribution in [-0.2, 0) is 14.8 Å². The summed E-state index contributed by atoms with van der Waals surface area (Å²) < 4.78 is 39.3. The van der Waals surface area contributed by atoms with E-state index in [-0.39, 0.29) is 10.8 Å². The van der Waals surface area contributed by atoms with E-state index in [0.29, 0.717) is 49.1 Å². The maximum Gasteiger partial charge on any atom is 0.255 e. The lowest BCUT2D eigenvalue weighted by atomic mass is 10.1. The van der Waals surface area contributed by atoms with Crippen molar-refractivity contribution in [2.24, 2.45) is 0 Å². The summed E-state index contributed by atoms with van der Waals surface area (Å²) in [5.74, 6) is 0.880. The molecule has 0 atom stereocenters. The molecule has 8 nitrogen and oxygen atoms in total. The second kappa shape index (κ2) is 11.3. The monoisotopic (exact) mass is 521 g/mol. The average molecular weight is 522 g/mol. The first-order chi connectivity index (χ1) is 18.0. The summed E-state index contributed by atoms with van der Waals surface area (Å²) in [6, 6.07) is 21.3. The summed E-state index contributed by atoms with van der Waals surface area (Å²) in [5, 5.41) is 2.99. The molecule has 3 aromatic rings.